The number of amides is 1. The highest BCUT2D eigenvalue weighted by Crippen LogP contribution is 2.44. The Morgan fingerprint density at radius 3 is 2.70 bits per heavy atom. The van der Waals surface area contributed by atoms with Crippen LogP contribution in [-0.2, 0) is 4.79 Å². The number of nitrogens with zero attached hydrogens (tertiary/aromatic N) is 2. The van der Waals surface area contributed by atoms with Gasteiger partial charge in [-0.25, -0.2) is 0 Å². The Hall–Kier alpha value is -2.09. The summed E-state index contributed by atoms with van der Waals surface area (Å²) in [6, 6.07) is 4.42. The third kappa shape index (κ3) is 1.83. The van der Waals surface area contributed by atoms with Crippen molar-refractivity contribution in [1.29, 1.82) is 0 Å². The zero-order valence-electron chi connectivity index (χ0n) is 10.4. The van der Waals surface area contributed by atoms with E-state index in [2.05, 4.69) is 20.7 Å². The van der Waals surface area contributed by atoms with Crippen molar-refractivity contribution in [2.24, 2.45) is 0 Å². The number of nitrogens with one attached hydrogen (secondary N) is 2. The van der Waals surface area contributed by atoms with Gasteiger partial charge in [0.15, 0.2) is 0 Å². The van der Waals surface area contributed by atoms with Gasteiger partial charge in [0.05, 0.1) is 0 Å². The summed E-state index contributed by atoms with van der Waals surface area (Å²) >= 11 is 0. The van der Waals surface area contributed by atoms with Crippen molar-refractivity contribution in [3.63, 3.8) is 0 Å². The van der Waals surface area contributed by atoms with Gasteiger partial charge in [0, 0.05) is 5.69 Å². The van der Waals surface area contributed by atoms with E-state index < -0.39 is 17.4 Å². The molecule has 6 nitrogen and oxygen atoms in total. The SMILES string of the molecule is O=C(Nc1ccc2n[nH]nc2c1)C(F)(F)C1(O)CCC1. The fourth-order valence-corrected chi connectivity index (χ4v) is 2.16. The maximum Gasteiger partial charge on any atom is 0.352 e. The van der Waals surface area contributed by atoms with Gasteiger partial charge >= 0.3 is 5.92 Å². The molecule has 1 heterocycles. The molecule has 1 aromatic heterocycles. The zero-order valence-corrected chi connectivity index (χ0v) is 10.4. The number of hydrogen-bond acceptors (Lipinski definition) is 4. The van der Waals surface area contributed by atoms with E-state index in [0.29, 0.717) is 17.5 Å². The van der Waals surface area contributed by atoms with E-state index in [1.807, 2.05) is 0 Å². The van der Waals surface area contributed by atoms with Gasteiger partial charge in [-0.15, -0.1) is 0 Å². The lowest BCUT2D eigenvalue weighted by Crippen LogP contribution is -2.59. The number of fused-ring (bicyclic) bond motifs is 1. The van der Waals surface area contributed by atoms with E-state index in [9.17, 15) is 18.7 Å². The minimum atomic E-state index is -3.82. The Morgan fingerprint density at radius 2 is 2.05 bits per heavy atom. The van der Waals surface area contributed by atoms with Crippen LogP contribution in [0.2, 0.25) is 0 Å². The van der Waals surface area contributed by atoms with Crippen LogP contribution in [0.5, 0.6) is 0 Å². The largest absolute Gasteiger partial charge is 0.383 e. The lowest BCUT2D eigenvalue weighted by atomic mass is 9.75. The molecule has 0 radical (unpaired) electrons. The van der Waals surface area contributed by atoms with Gasteiger partial charge in [-0.3, -0.25) is 4.79 Å². The molecule has 20 heavy (non-hydrogen) atoms. The molecule has 1 saturated carbocycles. The summed E-state index contributed by atoms with van der Waals surface area (Å²) < 4.78 is 27.8. The summed E-state index contributed by atoms with van der Waals surface area (Å²) in [6.45, 7) is 0. The fraction of sp³-hybridized carbons (Fsp3) is 0.417. The van der Waals surface area contributed by atoms with Crippen molar-refractivity contribution in [2.45, 2.75) is 30.8 Å². The second kappa shape index (κ2) is 4.20. The van der Waals surface area contributed by atoms with Crippen LogP contribution < -0.4 is 5.32 Å². The number of carbonyl (C=O) groups excluding carboxylic acids is 1. The van der Waals surface area contributed by atoms with Crippen molar-refractivity contribution in [3.05, 3.63) is 18.2 Å². The van der Waals surface area contributed by atoms with E-state index in [1.165, 1.54) is 12.1 Å². The average molecular weight is 282 g/mol. The predicted molar refractivity (Wildman–Crippen MR) is 66.3 cm³/mol. The highest BCUT2D eigenvalue weighted by Gasteiger charge is 2.61. The Bertz CT molecular complexity index is 666. The number of rotatable bonds is 3. The number of hydrogen-bond donors (Lipinski definition) is 3. The average Bonchev–Trinajstić information content (AvgIpc) is 2.83. The molecular formula is C12H12F2N4O2. The van der Waals surface area contributed by atoms with Crippen LogP contribution in [0.25, 0.3) is 11.0 Å². The Kier molecular flexibility index (Phi) is 2.72. The molecule has 1 amide bonds. The molecule has 3 N–H and O–H groups in total. The van der Waals surface area contributed by atoms with Crippen LogP contribution >= 0.6 is 0 Å². The summed E-state index contributed by atoms with van der Waals surface area (Å²) in [7, 11) is 0. The number of aromatic nitrogens is 3. The number of carbonyl (C=O) groups is 1. The minimum Gasteiger partial charge on any atom is -0.383 e. The molecule has 0 aliphatic heterocycles. The van der Waals surface area contributed by atoms with Crippen LogP contribution in [0, 0.1) is 0 Å². The van der Waals surface area contributed by atoms with Crippen LogP contribution in [0.4, 0.5) is 14.5 Å². The van der Waals surface area contributed by atoms with Crippen LogP contribution in [0.1, 0.15) is 19.3 Å². The Morgan fingerprint density at radius 1 is 1.35 bits per heavy atom. The van der Waals surface area contributed by atoms with Crippen molar-refractivity contribution < 1.29 is 18.7 Å². The molecule has 0 atom stereocenters. The molecule has 0 spiro atoms. The zero-order chi connectivity index (χ0) is 14.4. The molecule has 1 aromatic carbocycles. The maximum absolute atomic E-state index is 13.9. The molecule has 2 aromatic rings. The van der Waals surface area contributed by atoms with Crippen molar-refractivity contribution in [1.82, 2.24) is 15.4 Å². The van der Waals surface area contributed by atoms with Crippen molar-refractivity contribution >= 4 is 22.6 Å². The minimum absolute atomic E-state index is 0.0737. The van der Waals surface area contributed by atoms with Gasteiger partial charge in [0.2, 0.25) is 0 Å². The number of H-pyrrole nitrogens is 1. The van der Waals surface area contributed by atoms with Crippen LogP contribution in [0.15, 0.2) is 18.2 Å². The molecule has 3 rings (SSSR count). The lowest BCUT2D eigenvalue weighted by Gasteiger charge is -2.41. The van der Waals surface area contributed by atoms with Gasteiger partial charge in [-0.05, 0) is 37.5 Å². The number of benzene rings is 1. The summed E-state index contributed by atoms with van der Waals surface area (Å²) in [5.74, 6) is -5.33. The summed E-state index contributed by atoms with van der Waals surface area (Å²) in [5.41, 5.74) is -1.03. The van der Waals surface area contributed by atoms with Gasteiger partial charge in [-0.2, -0.15) is 24.2 Å². The molecule has 1 fully saturated rings. The Labute approximate surface area is 112 Å². The topological polar surface area (TPSA) is 90.9 Å². The number of aliphatic hydroxyl groups is 1. The summed E-state index contributed by atoms with van der Waals surface area (Å²) in [5, 5.41) is 21.8. The van der Waals surface area contributed by atoms with Gasteiger partial charge in [-0.1, -0.05) is 0 Å². The highest BCUT2D eigenvalue weighted by molar-refractivity contribution is 5.98. The van der Waals surface area contributed by atoms with Crippen LogP contribution in [0.3, 0.4) is 0 Å². The Balaban J connectivity index is 1.81. The molecular weight excluding hydrogens is 270 g/mol. The standard InChI is InChI=1S/C12H12F2N4O2/c13-12(14,11(20)4-1-5-11)10(19)15-7-2-3-8-9(6-7)17-18-16-8/h2-3,6,20H,1,4-5H2,(H,15,19)(H,16,17,18). The quantitative estimate of drug-likeness (QED) is 0.794. The van der Waals surface area contributed by atoms with E-state index >= 15 is 0 Å². The van der Waals surface area contributed by atoms with Gasteiger partial charge < -0.3 is 10.4 Å². The van der Waals surface area contributed by atoms with E-state index in [0.717, 1.165) is 0 Å². The first-order valence-electron chi connectivity index (χ1n) is 6.15. The number of anilines is 1. The number of aromatic amines is 1. The summed E-state index contributed by atoms with van der Waals surface area (Å²) in [6.07, 6.45) is 0.343. The number of halogens is 2. The molecule has 0 saturated heterocycles. The summed E-state index contributed by atoms with van der Waals surface area (Å²) in [4.78, 5) is 11.7. The predicted octanol–water partition coefficient (Wildman–Crippen LogP) is 1.45. The van der Waals surface area contributed by atoms with Crippen molar-refractivity contribution in [2.75, 3.05) is 5.32 Å². The van der Waals surface area contributed by atoms with E-state index in [1.54, 1.807) is 6.07 Å². The van der Waals surface area contributed by atoms with Gasteiger partial charge in [0.1, 0.15) is 16.6 Å². The highest BCUT2D eigenvalue weighted by atomic mass is 19.3. The fourth-order valence-electron chi connectivity index (χ4n) is 2.16. The molecule has 106 valence electrons. The molecule has 1 aliphatic rings. The van der Waals surface area contributed by atoms with Crippen LogP contribution in [-0.4, -0.2) is 37.9 Å². The van der Waals surface area contributed by atoms with E-state index in [-0.39, 0.29) is 18.5 Å². The molecule has 1 aliphatic carbocycles. The normalized spacial score (nSPS) is 17.8. The second-order valence-electron chi connectivity index (χ2n) is 4.94. The van der Waals surface area contributed by atoms with E-state index in [4.69, 9.17) is 0 Å². The molecule has 0 bridgehead atoms. The smallest absolute Gasteiger partial charge is 0.352 e. The van der Waals surface area contributed by atoms with Crippen molar-refractivity contribution in [3.8, 4) is 0 Å². The first kappa shape index (κ1) is 12.9. The lowest BCUT2D eigenvalue weighted by molar-refractivity contribution is -0.212. The second-order valence-corrected chi connectivity index (χ2v) is 4.94. The monoisotopic (exact) mass is 282 g/mol. The first-order valence-corrected chi connectivity index (χ1v) is 6.15. The third-order valence-electron chi connectivity index (χ3n) is 3.62. The van der Waals surface area contributed by atoms with Gasteiger partial charge in [0.25, 0.3) is 5.91 Å². The maximum atomic E-state index is 13.9. The molecule has 8 heteroatoms. The molecule has 0 unspecified atom stereocenters. The third-order valence-corrected chi connectivity index (χ3v) is 3.62. The number of alkyl halides is 2. The first-order chi connectivity index (χ1) is 9.42.